The molecule has 0 aliphatic carbocycles. The van der Waals surface area contributed by atoms with Crippen LogP contribution < -0.4 is 4.74 Å². The molecule has 0 atom stereocenters. The van der Waals surface area contributed by atoms with Crippen molar-refractivity contribution in [3.8, 4) is 5.75 Å². The molecule has 68 heavy (non-hydrogen) atoms. The molecule has 1 nitrogen and oxygen atoms in total. The van der Waals surface area contributed by atoms with Gasteiger partial charge >= 0.3 is 22.9 Å². The highest BCUT2D eigenvalue weighted by Crippen LogP contribution is 2.38. The van der Waals surface area contributed by atoms with Gasteiger partial charge in [0.15, 0.2) is 0 Å². The van der Waals surface area contributed by atoms with Crippen LogP contribution in [0.25, 0.3) is 0 Å². The molecule has 0 aliphatic heterocycles. The molecule has 0 radical (unpaired) electrons. The summed E-state index contributed by atoms with van der Waals surface area (Å²) in [5.74, 6) is -0.194. The van der Waals surface area contributed by atoms with E-state index in [4.69, 9.17) is 0 Å². The number of rotatable bonds is 7. The van der Waals surface area contributed by atoms with Crippen LogP contribution in [-0.2, 0) is 0 Å². The minimum absolute atomic E-state index is 0.0993. The van der Waals surface area contributed by atoms with E-state index in [1.807, 2.05) is 54.6 Å². The smallest absolute Gasteiger partial charge is 0.406 e. The zero-order valence-electron chi connectivity index (χ0n) is 36.1. The Morgan fingerprint density at radius 2 is 0.441 bits per heavy atom. The number of thioether (sulfide) groups is 6. The third-order valence-electron chi connectivity index (χ3n) is 6.84. The Bertz CT molecular complexity index is 1920. The number of para-hydroxylation sites is 1. The quantitative estimate of drug-likeness (QED) is 0.115. The van der Waals surface area contributed by atoms with Gasteiger partial charge in [-0.2, -0.15) is 39.5 Å². The fourth-order valence-electron chi connectivity index (χ4n) is 4.16. The molecule has 0 saturated heterocycles. The summed E-state index contributed by atoms with van der Waals surface area (Å²) in [7, 11) is 0. The van der Waals surface area contributed by atoms with Crippen LogP contribution >= 0.6 is 70.6 Å². The number of ether oxygens (including phenoxy) is 1. The average molecular weight is 1070 g/mol. The molecule has 0 heterocycles. The van der Waals surface area contributed by atoms with Crippen molar-refractivity contribution in [2.24, 2.45) is 0 Å². The third kappa shape index (κ3) is 37.6. The predicted molar refractivity (Wildman–Crippen MR) is 263 cm³/mol. The summed E-state index contributed by atoms with van der Waals surface area (Å²) >= 11 is 5.01. The molecule has 366 valence electrons. The van der Waals surface area contributed by atoms with Gasteiger partial charge in [0.05, 0.1) is 0 Å². The Hall–Kier alpha value is -4.40. The van der Waals surface area contributed by atoms with Crippen LogP contribution in [0.4, 0.5) is 52.7 Å². The number of hydrogen-bond acceptors (Lipinski definition) is 7. The molecule has 7 aromatic carbocycles. The van der Waals surface area contributed by atoms with Crippen LogP contribution in [0.15, 0.2) is 242 Å². The highest BCUT2D eigenvalue weighted by molar-refractivity contribution is 8.00. The van der Waals surface area contributed by atoms with Crippen LogP contribution in [0.3, 0.4) is 0 Å². The van der Waals surface area contributed by atoms with Gasteiger partial charge in [-0.1, -0.05) is 127 Å². The summed E-state index contributed by atoms with van der Waals surface area (Å²) in [5, 5.41) is 0. The molecular formula is C49H44F12OS6. The zero-order chi connectivity index (χ0) is 50.7. The Labute approximate surface area is 414 Å². The molecular weight excluding hydrogens is 1020 g/mol. The topological polar surface area (TPSA) is 9.23 Å². The molecule has 0 aliphatic rings. The Balaban J connectivity index is 0.000000398. The summed E-state index contributed by atoms with van der Waals surface area (Å²) in [6.45, 7) is 0. The average Bonchev–Trinajstić information content (AvgIpc) is 3.30. The van der Waals surface area contributed by atoms with Crippen molar-refractivity contribution >= 4 is 70.6 Å². The molecule has 0 saturated carbocycles. The van der Waals surface area contributed by atoms with E-state index in [0.717, 1.165) is 0 Å². The second-order valence-electron chi connectivity index (χ2n) is 12.0. The van der Waals surface area contributed by atoms with Gasteiger partial charge in [0, 0.05) is 29.4 Å². The first-order valence-electron chi connectivity index (χ1n) is 19.1. The van der Waals surface area contributed by atoms with Crippen molar-refractivity contribution in [3.05, 3.63) is 212 Å². The van der Waals surface area contributed by atoms with E-state index < -0.39 is 22.9 Å². The lowest BCUT2D eigenvalue weighted by Crippen LogP contribution is -2.16. The molecule has 0 spiro atoms. The largest absolute Gasteiger partial charge is 0.573 e. The number of halogens is 12. The predicted octanol–water partition coefficient (Wildman–Crippen LogP) is 19.7. The molecule has 0 amide bonds. The number of benzene rings is 7. The Morgan fingerprint density at radius 3 is 0.588 bits per heavy atom. The molecule has 7 aromatic rings. The van der Waals surface area contributed by atoms with E-state index in [1.165, 1.54) is 75.4 Å². The fourth-order valence-corrected chi connectivity index (χ4v) is 7.13. The van der Waals surface area contributed by atoms with Crippen molar-refractivity contribution in [2.45, 2.75) is 52.3 Å². The van der Waals surface area contributed by atoms with E-state index >= 15 is 0 Å². The SMILES string of the molecule is CSc1ccccc1.CSc1ccccc1.CSc1ccccc1.FC(F)(F)Oc1ccccc1.FC(F)(F)Sc1ccccc1.FC(F)(F)Sc1ccccc1.FC(F)(F)Sc1ccccc1. The lowest BCUT2D eigenvalue weighted by Gasteiger charge is -2.07. The summed E-state index contributed by atoms with van der Waals surface area (Å²) in [6, 6.07) is 61.1. The van der Waals surface area contributed by atoms with Gasteiger partial charge in [-0.05, 0) is 139 Å². The second kappa shape index (κ2) is 34.8. The summed E-state index contributed by atoms with van der Waals surface area (Å²) in [5.41, 5.74) is -12.5. The molecule has 0 aromatic heterocycles. The minimum atomic E-state index is -4.60. The van der Waals surface area contributed by atoms with Gasteiger partial charge in [0.25, 0.3) is 0 Å². The van der Waals surface area contributed by atoms with Crippen molar-refractivity contribution < 1.29 is 57.4 Å². The first-order valence-corrected chi connectivity index (χ1v) is 25.2. The molecule has 19 heteroatoms. The van der Waals surface area contributed by atoms with Crippen LogP contribution in [0.5, 0.6) is 5.75 Å². The van der Waals surface area contributed by atoms with Crippen LogP contribution in [-0.4, -0.2) is 41.7 Å². The van der Waals surface area contributed by atoms with E-state index in [9.17, 15) is 52.7 Å². The molecule has 0 N–H and O–H groups in total. The zero-order valence-corrected chi connectivity index (χ0v) is 41.0. The highest BCUT2D eigenvalue weighted by atomic mass is 32.2. The maximum Gasteiger partial charge on any atom is 0.573 e. The van der Waals surface area contributed by atoms with Gasteiger partial charge in [0.2, 0.25) is 0 Å². The second-order valence-corrected chi connectivity index (χ2v) is 18.0. The summed E-state index contributed by atoms with van der Waals surface area (Å²) in [6.07, 6.45) is 1.64. The van der Waals surface area contributed by atoms with Crippen LogP contribution in [0.1, 0.15) is 0 Å². The van der Waals surface area contributed by atoms with Crippen molar-refractivity contribution in [2.75, 3.05) is 18.8 Å². The van der Waals surface area contributed by atoms with Crippen LogP contribution in [0.2, 0.25) is 0 Å². The van der Waals surface area contributed by atoms with Crippen molar-refractivity contribution in [1.82, 2.24) is 0 Å². The molecule has 0 bridgehead atoms. The first-order chi connectivity index (χ1) is 32.1. The summed E-state index contributed by atoms with van der Waals surface area (Å²) < 4.78 is 143. The lowest BCUT2D eigenvalue weighted by atomic mass is 10.3. The first kappa shape index (κ1) is 61.6. The van der Waals surface area contributed by atoms with Gasteiger partial charge in [-0.15, -0.1) is 48.5 Å². The van der Waals surface area contributed by atoms with Crippen molar-refractivity contribution in [3.63, 3.8) is 0 Å². The van der Waals surface area contributed by atoms with Gasteiger partial charge in [-0.3, -0.25) is 0 Å². The normalized spacial score (nSPS) is 10.6. The van der Waals surface area contributed by atoms with E-state index in [0.29, 0.717) is 0 Å². The standard InChI is InChI=1S/C7H5F3O.3C7H5F3S.3C7H8S/c4*8-7(9,10)11-6-4-2-1-3-5-6;3*1-8-7-5-3-2-4-6-7/h4*1-5H;3*2-6H,1H3. The van der Waals surface area contributed by atoms with Crippen LogP contribution in [0, 0.1) is 0 Å². The number of hydrogen-bond donors (Lipinski definition) is 0. The summed E-state index contributed by atoms with van der Waals surface area (Å²) in [4.78, 5) is 4.65. The molecule has 0 fully saturated rings. The van der Waals surface area contributed by atoms with E-state index in [1.54, 1.807) is 95.9 Å². The lowest BCUT2D eigenvalue weighted by molar-refractivity contribution is -0.274. The maximum atomic E-state index is 11.7. The highest BCUT2D eigenvalue weighted by Gasteiger charge is 2.31. The Kier molecular flexibility index (Phi) is 31.5. The monoisotopic (exact) mass is 1070 g/mol. The fraction of sp³-hybridized carbons (Fsp3) is 0.143. The third-order valence-corrected chi connectivity index (χ3v) is 11.3. The van der Waals surface area contributed by atoms with Crippen molar-refractivity contribution in [1.29, 1.82) is 0 Å². The molecule has 7 rings (SSSR count). The maximum absolute atomic E-state index is 11.7. The number of alkyl halides is 12. The Morgan fingerprint density at radius 1 is 0.265 bits per heavy atom. The molecule has 0 unspecified atom stereocenters. The van der Waals surface area contributed by atoms with E-state index in [2.05, 4.69) is 59.9 Å². The minimum Gasteiger partial charge on any atom is -0.406 e. The van der Waals surface area contributed by atoms with Gasteiger partial charge in [0.1, 0.15) is 5.75 Å². The van der Waals surface area contributed by atoms with E-state index in [-0.39, 0.29) is 55.7 Å². The van der Waals surface area contributed by atoms with Gasteiger partial charge in [-0.25, -0.2) is 0 Å². The van der Waals surface area contributed by atoms with Gasteiger partial charge < -0.3 is 4.74 Å².